The first-order chi connectivity index (χ1) is 22.9. The maximum Gasteiger partial charge on any atom is 0.399 e. The van der Waals surface area contributed by atoms with Crippen molar-refractivity contribution < 1.29 is 47.0 Å². The van der Waals surface area contributed by atoms with E-state index in [1.54, 1.807) is 25.7 Å². The maximum atomic E-state index is 14.4. The number of benzene rings is 2. The van der Waals surface area contributed by atoms with Gasteiger partial charge in [-0.25, -0.2) is 0 Å². The molecule has 2 aliphatic heterocycles. The number of amides is 4. The predicted molar refractivity (Wildman–Crippen MR) is 178 cm³/mol. The Morgan fingerprint density at radius 1 is 0.980 bits per heavy atom. The van der Waals surface area contributed by atoms with Crippen LogP contribution < -0.4 is 5.32 Å². The fraction of sp³-hybridized carbons (Fsp3) is 0.455. The Morgan fingerprint density at radius 2 is 1.67 bits per heavy atom. The molecule has 264 valence electrons. The van der Waals surface area contributed by atoms with E-state index >= 15 is 0 Å². The third-order valence-electron chi connectivity index (χ3n) is 8.78. The first kappa shape index (κ1) is 36.5. The van der Waals surface area contributed by atoms with Gasteiger partial charge >= 0.3 is 13.3 Å². The van der Waals surface area contributed by atoms with Crippen LogP contribution in [0.4, 0.5) is 8.78 Å². The topological polar surface area (TPSA) is 157 Å². The summed E-state index contributed by atoms with van der Waals surface area (Å²) in [4.78, 5) is 77.4. The molecule has 0 radical (unpaired) electrons. The van der Waals surface area contributed by atoms with Gasteiger partial charge in [0.05, 0.1) is 24.6 Å². The molecule has 2 aliphatic rings. The minimum atomic E-state index is -5.80. The third-order valence-corrected chi connectivity index (χ3v) is 10.9. The number of morpholine rings is 1. The molecule has 3 heterocycles. The second-order valence-corrected chi connectivity index (χ2v) is 16.0. The third kappa shape index (κ3) is 7.71. The average molecular weight is 721 g/mol. The van der Waals surface area contributed by atoms with E-state index in [-0.39, 0.29) is 61.0 Å². The van der Waals surface area contributed by atoms with Crippen LogP contribution in [0.2, 0.25) is 0 Å². The summed E-state index contributed by atoms with van der Waals surface area (Å²) in [5.41, 5.74) is -5.24. The predicted octanol–water partition coefficient (Wildman–Crippen LogP) is 3.93. The number of ether oxygens (including phenoxy) is 1. The smallest absolute Gasteiger partial charge is 0.370 e. The molecule has 12 nitrogen and oxygen atoms in total. The highest BCUT2D eigenvalue weighted by Crippen LogP contribution is 2.59. The van der Waals surface area contributed by atoms with Gasteiger partial charge in [0.1, 0.15) is 18.2 Å². The van der Waals surface area contributed by atoms with Crippen molar-refractivity contribution in [1.29, 1.82) is 0 Å². The fourth-order valence-corrected chi connectivity index (χ4v) is 7.42. The number of halogens is 2. The highest BCUT2D eigenvalue weighted by Gasteiger charge is 2.50. The molecule has 1 unspecified atom stereocenters. The molecule has 3 aromatic rings. The Balaban J connectivity index is 1.39. The zero-order valence-electron chi connectivity index (χ0n) is 27.5. The largest absolute Gasteiger partial charge is 0.399 e. The van der Waals surface area contributed by atoms with E-state index in [2.05, 4.69) is 5.32 Å². The van der Waals surface area contributed by atoms with Gasteiger partial charge in [0, 0.05) is 36.8 Å². The Hall–Kier alpha value is -3.75. The number of piperazine rings is 1. The van der Waals surface area contributed by atoms with E-state index in [0.29, 0.717) is 11.2 Å². The molecule has 0 bridgehead atoms. The molecule has 2 aromatic carbocycles. The van der Waals surface area contributed by atoms with Crippen molar-refractivity contribution in [3.05, 3.63) is 70.6 Å². The Morgan fingerprint density at radius 3 is 2.31 bits per heavy atom. The Labute approximate surface area is 286 Å². The monoisotopic (exact) mass is 720 g/mol. The minimum Gasteiger partial charge on any atom is -0.370 e. The lowest BCUT2D eigenvalue weighted by Crippen LogP contribution is -2.66. The number of rotatable bonds is 7. The quantitative estimate of drug-likeness (QED) is 0.310. The molecule has 1 aromatic heterocycles. The van der Waals surface area contributed by atoms with Crippen molar-refractivity contribution in [3.8, 4) is 0 Å². The maximum absolute atomic E-state index is 14.4. The summed E-state index contributed by atoms with van der Waals surface area (Å²) in [6.07, 6.45) is -0.363. The van der Waals surface area contributed by atoms with Crippen molar-refractivity contribution in [2.24, 2.45) is 5.41 Å². The van der Waals surface area contributed by atoms with Crippen LogP contribution in [0.15, 0.2) is 54.6 Å². The summed E-state index contributed by atoms with van der Waals surface area (Å²) in [7, 11) is -5.80. The van der Waals surface area contributed by atoms with E-state index in [4.69, 9.17) is 14.5 Å². The van der Waals surface area contributed by atoms with Gasteiger partial charge in [-0.2, -0.15) is 8.78 Å². The number of nitrogens with zero attached hydrogens (tertiary/aromatic N) is 3. The molecular formula is C33H39F2N4O8PS. The van der Waals surface area contributed by atoms with E-state index in [1.807, 2.05) is 30.3 Å². The molecule has 16 heteroatoms. The normalized spacial score (nSPS) is 19.9. The summed E-state index contributed by atoms with van der Waals surface area (Å²) < 4.78 is 46.5. The lowest BCUT2D eigenvalue weighted by Gasteiger charge is -2.45. The first-order valence-electron chi connectivity index (χ1n) is 15.7. The molecule has 3 atom stereocenters. The van der Waals surface area contributed by atoms with Gasteiger partial charge in [-0.1, -0.05) is 57.2 Å². The molecule has 0 aliphatic carbocycles. The summed E-state index contributed by atoms with van der Waals surface area (Å²) in [5.74, 6) is -1.75. The summed E-state index contributed by atoms with van der Waals surface area (Å²) >= 11 is 0.965. The van der Waals surface area contributed by atoms with Gasteiger partial charge in [-0.05, 0) is 34.6 Å². The lowest BCUT2D eigenvalue weighted by atomic mass is 9.85. The van der Waals surface area contributed by atoms with Crippen molar-refractivity contribution in [3.63, 3.8) is 0 Å². The van der Waals surface area contributed by atoms with Crippen molar-refractivity contribution in [2.45, 2.75) is 51.5 Å². The zero-order valence-corrected chi connectivity index (χ0v) is 29.2. The number of fused-ring (bicyclic) bond motifs is 1. The van der Waals surface area contributed by atoms with Crippen LogP contribution in [0.3, 0.4) is 0 Å². The Kier molecular flexibility index (Phi) is 10.3. The number of alkyl halides is 2. The summed E-state index contributed by atoms with van der Waals surface area (Å²) in [5, 5.41) is 2.96. The van der Waals surface area contributed by atoms with Crippen LogP contribution in [0.25, 0.3) is 10.1 Å². The van der Waals surface area contributed by atoms with Crippen molar-refractivity contribution in [2.75, 3.05) is 39.3 Å². The average Bonchev–Trinajstić information content (AvgIpc) is 3.49. The van der Waals surface area contributed by atoms with Crippen LogP contribution >= 0.6 is 18.9 Å². The first-order valence-corrected chi connectivity index (χ1v) is 18.1. The Bertz CT molecular complexity index is 1790. The van der Waals surface area contributed by atoms with Gasteiger partial charge in [0.15, 0.2) is 0 Å². The van der Waals surface area contributed by atoms with Gasteiger partial charge in [-0.15, -0.1) is 11.3 Å². The molecule has 5 rings (SSSR count). The molecular weight excluding hydrogens is 681 g/mol. The van der Waals surface area contributed by atoms with Crippen LogP contribution in [-0.4, -0.2) is 99.5 Å². The van der Waals surface area contributed by atoms with Gasteiger partial charge in [0.2, 0.25) is 17.7 Å². The molecule has 3 N–H and O–H groups in total. The number of hydrogen-bond donors (Lipinski definition) is 3. The number of hydrogen-bond acceptors (Lipinski definition) is 7. The molecule has 49 heavy (non-hydrogen) atoms. The highest BCUT2D eigenvalue weighted by molar-refractivity contribution is 7.52. The fourth-order valence-electron chi connectivity index (χ4n) is 6.00. The summed E-state index contributed by atoms with van der Waals surface area (Å²) in [6, 6.07) is 11.7. The van der Waals surface area contributed by atoms with Crippen LogP contribution in [0.5, 0.6) is 0 Å². The van der Waals surface area contributed by atoms with Gasteiger partial charge in [0.25, 0.3) is 5.91 Å². The minimum absolute atomic E-state index is 0.0179. The molecule has 2 saturated heterocycles. The molecule has 2 fully saturated rings. The van der Waals surface area contributed by atoms with E-state index in [1.165, 1.54) is 28.9 Å². The number of thiophene rings is 1. The van der Waals surface area contributed by atoms with Crippen LogP contribution in [0.1, 0.15) is 54.6 Å². The van der Waals surface area contributed by atoms with Gasteiger partial charge in [-0.3, -0.25) is 23.7 Å². The second kappa shape index (κ2) is 13.9. The lowest BCUT2D eigenvalue weighted by molar-refractivity contribution is -0.158. The highest BCUT2D eigenvalue weighted by atomic mass is 32.1. The van der Waals surface area contributed by atoms with E-state index in [0.717, 1.165) is 29.0 Å². The SMILES string of the molecule is CC(=O)N1CCN(C(=O)C(NC(=O)c2cc3cc(C(F)(F)P(=O)(O)O)ccc3s2)C(C)(C)C)[C@H](C(=O)N2CCO[C@H](c3ccccc3)C2)C1. The van der Waals surface area contributed by atoms with Crippen LogP contribution in [0, 0.1) is 5.41 Å². The number of carbonyl (C=O) groups excluding carboxylic acids is 4. The van der Waals surface area contributed by atoms with E-state index in [9.17, 15) is 32.5 Å². The van der Waals surface area contributed by atoms with Crippen molar-refractivity contribution in [1.82, 2.24) is 20.0 Å². The second-order valence-electron chi connectivity index (χ2n) is 13.3. The van der Waals surface area contributed by atoms with Crippen LogP contribution in [-0.2, 0) is 29.3 Å². The standard InChI is InChI=1S/C33H39F2N4O8PS/c1-20(40)37-12-13-39(24(18-37)30(42)38-14-15-47-25(19-38)21-8-6-5-7-9-21)31(43)28(32(2,3)4)36-29(41)27-17-22-16-23(10-11-26(22)49-27)33(34,35)48(44,45)46/h5-11,16-17,24-25,28H,12-15,18-19H2,1-4H3,(H,36,41)(H2,44,45,46)/t24-,25-,28?/m0/s1. The molecule has 0 spiro atoms. The molecule has 4 amide bonds. The number of carbonyl (C=O) groups is 4. The van der Waals surface area contributed by atoms with Gasteiger partial charge < -0.3 is 34.5 Å². The number of nitrogens with one attached hydrogen (secondary N) is 1. The van der Waals surface area contributed by atoms with Crippen molar-refractivity contribution >= 4 is 52.6 Å². The van der Waals surface area contributed by atoms with E-state index < -0.39 is 48.1 Å². The molecule has 0 saturated carbocycles. The zero-order chi connectivity index (χ0) is 35.9. The summed E-state index contributed by atoms with van der Waals surface area (Å²) in [6.45, 7) is 7.76.